The number of carbonyl (C=O) groups is 2. The van der Waals surface area contributed by atoms with Gasteiger partial charge in [-0.2, -0.15) is 4.67 Å². The number of allylic oxidation sites excluding steroid dienone is 1. The van der Waals surface area contributed by atoms with E-state index in [1.165, 1.54) is 7.11 Å². The van der Waals surface area contributed by atoms with Crippen molar-refractivity contribution in [3.05, 3.63) is 11.8 Å². The van der Waals surface area contributed by atoms with Crippen molar-refractivity contribution in [3.8, 4) is 0 Å². The number of carbonyl (C=O) groups excluding carboxylic acids is 2. The molecule has 0 aromatic heterocycles. The highest BCUT2D eigenvalue weighted by atomic mass is 79.9. The third kappa shape index (κ3) is 7.66. The molecule has 33 heavy (non-hydrogen) atoms. The van der Waals surface area contributed by atoms with E-state index in [1.807, 2.05) is 6.92 Å². The Balaban J connectivity index is 1.97. The van der Waals surface area contributed by atoms with Crippen LogP contribution in [0.2, 0.25) is 0 Å². The monoisotopic (exact) mass is 554 g/mol. The summed E-state index contributed by atoms with van der Waals surface area (Å²) < 4.78 is 20.0. The van der Waals surface area contributed by atoms with Gasteiger partial charge in [-0.1, -0.05) is 6.92 Å². The molecule has 0 aromatic carbocycles. The van der Waals surface area contributed by atoms with E-state index in [1.54, 1.807) is 11.0 Å². The number of rotatable bonds is 15. The average Bonchev–Trinajstić information content (AvgIpc) is 3.13. The third-order valence-electron chi connectivity index (χ3n) is 5.25. The van der Waals surface area contributed by atoms with Crippen molar-refractivity contribution in [1.29, 1.82) is 0 Å². The van der Waals surface area contributed by atoms with Gasteiger partial charge in [-0.3, -0.25) is 9.59 Å². The number of Topliss-reactive ketones (excluding diaryl/α,β-unsaturated/α-hetero) is 1. The summed E-state index contributed by atoms with van der Waals surface area (Å²) in [6.07, 6.45) is 3.14. The Bertz CT molecular complexity index is 724. The molecule has 5 atom stereocenters. The zero-order valence-corrected chi connectivity index (χ0v) is 21.2. The highest BCUT2D eigenvalue weighted by Crippen LogP contribution is 2.37. The molecule has 4 unspecified atom stereocenters. The summed E-state index contributed by atoms with van der Waals surface area (Å²) in [4.78, 5) is 31.0. The predicted molar refractivity (Wildman–Crippen MR) is 124 cm³/mol. The zero-order valence-electron chi connectivity index (χ0n) is 18.7. The van der Waals surface area contributed by atoms with Crippen LogP contribution in [-0.4, -0.2) is 83.5 Å². The molecule has 2 rings (SSSR count). The molecular formula is C19H32BrN4O8P. The van der Waals surface area contributed by atoms with Crippen LogP contribution in [0.25, 0.3) is 0 Å². The van der Waals surface area contributed by atoms with Gasteiger partial charge in [0.1, 0.15) is 6.04 Å². The number of amidine groups is 1. The Morgan fingerprint density at radius 3 is 2.85 bits per heavy atom. The van der Waals surface area contributed by atoms with Crippen molar-refractivity contribution < 1.29 is 38.4 Å². The number of fused-ring (bicyclic) bond motifs is 1. The second-order valence-corrected chi connectivity index (χ2v) is 9.38. The van der Waals surface area contributed by atoms with Gasteiger partial charge < -0.3 is 34.8 Å². The first-order valence-electron chi connectivity index (χ1n) is 10.7. The summed E-state index contributed by atoms with van der Waals surface area (Å²) in [6.45, 7) is 2.34. The largest absolute Gasteiger partial charge is 0.402 e. The minimum Gasteiger partial charge on any atom is -0.402 e. The number of ketones is 1. The first kappa shape index (κ1) is 28.1. The average molecular weight is 555 g/mol. The van der Waals surface area contributed by atoms with E-state index in [-0.39, 0.29) is 31.5 Å². The zero-order chi connectivity index (χ0) is 24.4. The number of hydrogen-bond acceptors (Lipinski definition) is 11. The summed E-state index contributed by atoms with van der Waals surface area (Å²) in [5.41, 5.74) is 6.65. The Morgan fingerprint density at radius 1 is 1.45 bits per heavy atom. The minimum atomic E-state index is -1.88. The van der Waals surface area contributed by atoms with Crippen LogP contribution in [0.3, 0.4) is 0 Å². The van der Waals surface area contributed by atoms with Crippen LogP contribution in [0.15, 0.2) is 16.8 Å². The van der Waals surface area contributed by atoms with Crippen molar-refractivity contribution in [3.63, 3.8) is 0 Å². The first-order valence-corrected chi connectivity index (χ1v) is 12.6. The molecule has 1 amide bonds. The molecule has 0 saturated heterocycles. The van der Waals surface area contributed by atoms with Gasteiger partial charge in [0, 0.05) is 25.8 Å². The highest BCUT2D eigenvalue weighted by Gasteiger charge is 2.47. The van der Waals surface area contributed by atoms with Gasteiger partial charge in [-0.05, 0) is 41.3 Å². The van der Waals surface area contributed by atoms with Gasteiger partial charge >= 0.3 is 8.60 Å². The molecular weight excluding hydrogens is 523 g/mol. The molecule has 5 N–H and O–H groups in total. The van der Waals surface area contributed by atoms with Crippen molar-refractivity contribution >= 4 is 41.0 Å². The van der Waals surface area contributed by atoms with E-state index in [4.69, 9.17) is 24.8 Å². The van der Waals surface area contributed by atoms with Crippen molar-refractivity contribution in [2.75, 3.05) is 33.5 Å². The fourth-order valence-electron chi connectivity index (χ4n) is 3.69. The van der Waals surface area contributed by atoms with E-state index in [2.05, 4.69) is 30.9 Å². The van der Waals surface area contributed by atoms with Crippen molar-refractivity contribution in [2.45, 2.75) is 50.9 Å². The molecule has 1 heterocycles. The number of nitrogens with one attached hydrogen (secondary N) is 1. The topological polar surface area (TPSA) is 165 Å². The molecule has 0 saturated carbocycles. The Kier molecular flexibility index (Phi) is 12.1. The summed E-state index contributed by atoms with van der Waals surface area (Å²) in [5.74, 6) is -0.675. The smallest absolute Gasteiger partial charge is 0.362 e. The van der Waals surface area contributed by atoms with Crippen LogP contribution in [-0.2, 0) is 28.0 Å². The highest BCUT2D eigenvalue weighted by molar-refractivity contribution is 9.18. The lowest BCUT2D eigenvalue weighted by molar-refractivity contribution is -0.153. The molecule has 0 bridgehead atoms. The second kappa shape index (κ2) is 14.3. The maximum absolute atomic E-state index is 13.1. The lowest BCUT2D eigenvalue weighted by Crippen LogP contribution is -2.52. The maximum atomic E-state index is 13.1. The predicted octanol–water partition coefficient (Wildman–Crippen LogP) is 1.24. The summed E-state index contributed by atoms with van der Waals surface area (Å²) in [5, 5.41) is 21.3. The third-order valence-corrected chi connectivity index (χ3v) is 6.68. The SMILES string of the molecule is CCCNC(=O)CCCC1C(=O)C2N=C(Br)N([C@@H](CO)OCCOP(OC)OO)C2C=C1N. The molecule has 0 aromatic rings. The van der Waals surface area contributed by atoms with Gasteiger partial charge in [-0.15, -0.1) is 0 Å². The van der Waals surface area contributed by atoms with Crippen LogP contribution in [0.5, 0.6) is 0 Å². The second-order valence-electron chi connectivity index (χ2n) is 7.43. The molecule has 12 nitrogen and oxygen atoms in total. The van der Waals surface area contributed by atoms with Gasteiger partial charge in [0.05, 0.1) is 31.8 Å². The Morgan fingerprint density at radius 2 is 2.21 bits per heavy atom. The molecule has 0 spiro atoms. The molecule has 2 aliphatic rings. The van der Waals surface area contributed by atoms with E-state index >= 15 is 0 Å². The number of aliphatic imine (C=N–C) groups is 1. The van der Waals surface area contributed by atoms with Crippen LogP contribution < -0.4 is 11.1 Å². The van der Waals surface area contributed by atoms with Crippen LogP contribution in [0.4, 0.5) is 0 Å². The first-order chi connectivity index (χ1) is 15.9. The normalized spacial score (nSPS) is 24.2. The van der Waals surface area contributed by atoms with E-state index in [9.17, 15) is 14.7 Å². The molecule has 188 valence electrons. The molecule has 1 aliphatic heterocycles. The number of halogens is 1. The quantitative estimate of drug-likeness (QED) is 0.0760. The number of aliphatic hydroxyl groups excluding tert-OH is 1. The van der Waals surface area contributed by atoms with Gasteiger partial charge in [0.25, 0.3) is 0 Å². The van der Waals surface area contributed by atoms with Crippen LogP contribution >= 0.6 is 24.5 Å². The molecule has 0 radical (unpaired) electrons. The minimum absolute atomic E-state index is 0.0381. The number of nitrogens with two attached hydrogens (primary N) is 1. The summed E-state index contributed by atoms with van der Waals surface area (Å²) in [6, 6.07) is -1.20. The van der Waals surface area contributed by atoms with E-state index < -0.39 is 32.8 Å². The number of ether oxygens (including phenoxy) is 1. The lowest BCUT2D eigenvalue weighted by Gasteiger charge is -2.36. The Labute approximate surface area is 202 Å². The fourth-order valence-corrected chi connectivity index (χ4v) is 4.81. The van der Waals surface area contributed by atoms with E-state index in [0.717, 1.165) is 6.42 Å². The number of nitrogens with zero attached hydrogens (tertiary/aromatic N) is 2. The molecule has 1 aliphatic carbocycles. The maximum Gasteiger partial charge on any atom is 0.362 e. The van der Waals surface area contributed by atoms with Gasteiger partial charge in [-0.25, -0.2) is 10.2 Å². The van der Waals surface area contributed by atoms with Gasteiger partial charge in [0.15, 0.2) is 16.8 Å². The van der Waals surface area contributed by atoms with Gasteiger partial charge in [0.2, 0.25) is 5.91 Å². The Hall–Kier alpha value is -1.18. The van der Waals surface area contributed by atoms with Crippen molar-refractivity contribution in [1.82, 2.24) is 10.2 Å². The molecule has 0 fully saturated rings. The number of hydrogen-bond donors (Lipinski definition) is 4. The standard InChI is InChI=1S/C19H32BrN4O8P/c1-3-7-22-15(26)6-4-5-12-13(21)10-14-17(18(12)27)23-19(20)24(14)16(11-25)30-8-9-31-33(29-2)32-28/h10,12,14,16-17,25,28H,3-9,11,21H2,1-2H3,(H,22,26)/t12?,14?,16-,17?,33?/m1/s1. The summed E-state index contributed by atoms with van der Waals surface area (Å²) >= 11 is 3.36. The number of amides is 1. The fraction of sp³-hybridized carbons (Fsp3) is 0.737. The van der Waals surface area contributed by atoms with Crippen LogP contribution in [0.1, 0.15) is 32.6 Å². The lowest BCUT2D eigenvalue weighted by atomic mass is 9.82. The molecule has 14 heteroatoms. The van der Waals surface area contributed by atoms with Crippen LogP contribution in [0, 0.1) is 5.92 Å². The number of aliphatic hydroxyl groups is 1. The van der Waals surface area contributed by atoms with E-state index in [0.29, 0.717) is 36.2 Å². The summed E-state index contributed by atoms with van der Waals surface area (Å²) in [7, 11) is -0.560. The van der Waals surface area contributed by atoms with Crippen molar-refractivity contribution in [2.24, 2.45) is 16.6 Å².